The number of aryl methyl sites for hydroxylation is 1. The molecule has 0 bridgehead atoms. The molecule has 2 aromatic carbocycles. The van der Waals surface area contributed by atoms with E-state index in [0.29, 0.717) is 23.0 Å². The lowest BCUT2D eigenvalue weighted by atomic mass is 10.1. The zero-order valence-corrected chi connectivity index (χ0v) is 15.5. The molecule has 2 N–H and O–H groups in total. The van der Waals surface area contributed by atoms with Crippen LogP contribution < -0.4 is 5.43 Å². The van der Waals surface area contributed by atoms with E-state index in [-0.39, 0.29) is 10.6 Å². The van der Waals surface area contributed by atoms with Gasteiger partial charge in [0.1, 0.15) is 11.5 Å². The molecule has 0 aliphatic carbocycles. The number of hydrogen-bond acceptors (Lipinski definition) is 5. The van der Waals surface area contributed by atoms with Gasteiger partial charge < -0.3 is 14.1 Å². The first-order chi connectivity index (χ1) is 13.5. The molecule has 4 aromatic rings. The average Bonchev–Trinajstić information content (AvgIpc) is 3.28. The summed E-state index contributed by atoms with van der Waals surface area (Å²) in [6.45, 7) is 0. The van der Waals surface area contributed by atoms with Gasteiger partial charge in [-0.15, -0.1) is 0 Å². The number of anilines is 1. The quantitative estimate of drug-likeness (QED) is 0.380. The average molecular weight is 395 g/mol. The number of carboxylic acid groups (broad SMARTS) is 1. The third-order valence-electron chi connectivity index (χ3n) is 4.25. The Morgan fingerprint density at radius 1 is 1.25 bits per heavy atom. The van der Waals surface area contributed by atoms with Crippen LogP contribution in [-0.2, 0) is 7.05 Å². The molecule has 8 heteroatoms. The topological polar surface area (TPSA) is 92.7 Å². The number of nitrogens with zero attached hydrogens (tertiary/aromatic N) is 3. The Morgan fingerprint density at radius 3 is 2.86 bits per heavy atom. The Hall–Kier alpha value is -3.58. The van der Waals surface area contributed by atoms with Crippen molar-refractivity contribution in [3.63, 3.8) is 0 Å². The summed E-state index contributed by atoms with van der Waals surface area (Å²) in [5.74, 6) is 0.538. The lowest BCUT2D eigenvalue weighted by Gasteiger charge is -2.02. The summed E-state index contributed by atoms with van der Waals surface area (Å²) in [6.07, 6.45) is 1.52. The SMILES string of the molecule is Cn1c(N/N=C\c2ccc(-c3ccc(Cl)c(C(=O)O)c3)o2)nc2ccccc21. The van der Waals surface area contributed by atoms with Crippen molar-refractivity contribution in [3.8, 4) is 11.3 Å². The number of hydrazone groups is 1. The zero-order chi connectivity index (χ0) is 19.7. The van der Waals surface area contributed by atoms with Gasteiger partial charge in [0.25, 0.3) is 0 Å². The molecule has 0 aliphatic rings. The van der Waals surface area contributed by atoms with E-state index in [0.717, 1.165) is 11.0 Å². The van der Waals surface area contributed by atoms with Crippen LogP contribution in [0, 0.1) is 0 Å². The van der Waals surface area contributed by atoms with Gasteiger partial charge in [-0.3, -0.25) is 0 Å². The molecule has 140 valence electrons. The first-order valence-corrected chi connectivity index (χ1v) is 8.74. The van der Waals surface area contributed by atoms with Crippen LogP contribution in [-0.4, -0.2) is 26.8 Å². The Balaban J connectivity index is 1.52. The summed E-state index contributed by atoms with van der Waals surface area (Å²) in [7, 11) is 1.90. The number of halogens is 1. The highest BCUT2D eigenvalue weighted by atomic mass is 35.5. The number of furan rings is 1. The molecule has 28 heavy (non-hydrogen) atoms. The minimum absolute atomic E-state index is 0.0225. The molecule has 2 aromatic heterocycles. The van der Waals surface area contributed by atoms with Crippen molar-refractivity contribution in [3.05, 3.63) is 70.9 Å². The molecule has 4 rings (SSSR count). The second kappa shape index (κ2) is 7.21. The Labute approximate surface area is 164 Å². The van der Waals surface area contributed by atoms with Crippen LogP contribution in [0.3, 0.4) is 0 Å². The van der Waals surface area contributed by atoms with Crippen molar-refractivity contribution >= 4 is 40.8 Å². The number of nitrogens with one attached hydrogen (secondary N) is 1. The Bertz CT molecular complexity index is 1210. The number of carboxylic acids is 1. The number of carbonyl (C=O) groups is 1. The van der Waals surface area contributed by atoms with E-state index in [1.165, 1.54) is 18.3 Å². The van der Waals surface area contributed by atoms with E-state index in [1.54, 1.807) is 18.2 Å². The smallest absolute Gasteiger partial charge is 0.337 e. The van der Waals surface area contributed by atoms with Gasteiger partial charge in [0, 0.05) is 12.6 Å². The van der Waals surface area contributed by atoms with Crippen LogP contribution >= 0.6 is 11.6 Å². The zero-order valence-electron chi connectivity index (χ0n) is 14.8. The standard InChI is InChI=1S/C20H15ClN4O3/c1-25-17-5-3-2-4-16(17)23-20(25)24-22-11-13-7-9-18(28-13)12-6-8-15(21)14(10-12)19(26)27/h2-11H,1H3,(H,23,24)(H,26,27)/b22-11-. The van der Waals surface area contributed by atoms with Gasteiger partial charge >= 0.3 is 5.97 Å². The van der Waals surface area contributed by atoms with Crippen molar-refractivity contribution in [2.24, 2.45) is 12.1 Å². The molecule has 0 radical (unpaired) electrons. The second-order valence-corrected chi connectivity index (χ2v) is 6.46. The van der Waals surface area contributed by atoms with E-state index in [1.807, 2.05) is 35.9 Å². The predicted octanol–water partition coefficient (Wildman–Crippen LogP) is 4.63. The number of benzene rings is 2. The molecule has 0 aliphatic heterocycles. The fourth-order valence-corrected chi connectivity index (χ4v) is 3.02. The molecule has 0 saturated heterocycles. The molecule has 7 nitrogen and oxygen atoms in total. The fourth-order valence-electron chi connectivity index (χ4n) is 2.82. The van der Waals surface area contributed by atoms with E-state index < -0.39 is 5.97 Å². The predicted molar refractivity (Wildman–Crippen MR) is 108 cm³/mol. The molecule has 0 spiro atoms. The van der Waals surface area contributed by atoms with Gasteiger partial charge in [0.05, 0.1) is 27.8 Å². The maximum Gasteiger partial charge on any atom is 0.337 e. The van der Waals surface area contributed by atoms with Crippen LogP contribution in [0.5, 0.6) is 0 Å². The normalized spacial score (nSPS) is 11.4. The number of imidazole rings is 1. The summed E-state index contributed by atoms with van der Waals surface area (Å²) < 4.78 is 7.62. The summed E-state index contributed by atoms with van der Waals surface area (Å²) in [6, 6.07) is 16.0. The highest BCUT2D eigenvalue weighted by Crippen LogP contribution is 2.26. The van der Waals surface area contributed by atoms with Crippen LogP contribution in [0.15, 0.2) is 64.1 Å². The second-order valence-electron chi connectivity index (χ2n) is 6.05. The van der Waals surface area contributed by atoms with Crippen LogP contribution in [0.25, 0.3) is 22.4 Å². The van der Waals surface area contributed by atoms with Gasteiger partial charge in [0.2, 0.25) is 5.95 Å². The molecule has 0 atom stereocenters. The van der Waals surface area contributed by atoms with Gasteiger partial charge in [-0.25, -0.2) is 15.2 Å². The van der Waals surface area contributed by atoms with E-state index in [4.69, 9.17) is 16.0 Å². The highest BCUT2D eigenvalue weighted by Gasteiger charge is 2.12. The minimum Gasteiger partial charge on any atom is -0.478 e. The summed E-state index contributed by atoms with van der Waals surface area (Å²) >= 11 is 5.90. The molecule has 0 amide bonds. The largest absolute Gasteiger partial charge is 0.478 e. The van der Waals surface area contributed by atoms with Gasteiger partial charge in [-0.05, 0) is 42.5 Å². The van der Waals surface area contributed by atoms with Crippen LogP contribution in [0.4, 0.5) is 5.95 Å². The third kappa shape index (κ3) is 3.35. The number of fused-ring (bicyclic) bond motifs is 1. The first-order valence-electron chi connectivity index (χ1n) is 8.36. The van der Waals surface area contributed by atoms with Crippen molar-refractivity contribution in [1.82, 2.24) is 9.55 Å². The number of aromatic carboxylic acids is 1. The molecular weight excluding hydrogens is 380 g/mol. The van der Waals surface area contributed by atoms with Crippen LogP contribution in [0.2, 0.25) is 5.02 Å². The maximum atomic E-state index is 11.2. The maximum absolute atomic E-state index is 11.2. The lowest BCUT2D eigenvalue weighted by molar-refractivity contribution is 0.0697. The van der Waals surface area contributed by atoms with E-state index in [9.17, 15) is 9.90 Å². The number of hydrogen-bond donors (Lipinski definition) is 2. The van der Waals surface area contributed by atoms with Crippen molar-refractivity contribution < 1.29 is 14.3 Å². The number of para-hydroxylation sites is 2. The number of rotatable bonds is 5. The monoisotopic (exact) mass is 394 g/mol. The molecule has 0 saturated carbocycles. The molecule has 0 fully saturated rings. The lowest BCUT2D eigenvalue weighted by Crippen LogP contribution is -1.98. The Kier molecular flexibility index (Phi) is 4.58. The van der Waals surface area contributed by atoms with E-state index >= 15 is 0 Å². The van der Waals surface area contributed by atoms with Crippen molar-refractivity contribution in [2.45, 2.75) is 0 Å². The summed E-state index contributed by atoms with van der Waals surface area (Å²) in [4.78, 5) is 15.7. The molecule has 0 unspecified atom stereocenters. The first kappa shape index (κ1) is 17.8. The highest BCUT2D eigenvalue weighted by molar-refractivity contribution is 6.33. The molecule has 2 heterocycles. The third-order valence-corrected chi connectivity index (χ3v) is 4.58. The van der Waals surface area contributed by atoms with Gasteiger partial charge in [-0.1, -0.05) is 23.7 Å². The molecular formula is C20H15ClN4O3. The van der Waals surface area contributed by atoms with E-state index in [2.05, 4.69) is 15.5 Å². The van der Waals surface area contributed by atoms with Gasteiger partial charge in [0.15, 0.2) is 0 Å². The number of aromatic nitrogens is 2. The Morgan fingerprint density at radius 2 is 2.07 bits per heavy atom. The summed E-state index contributed by atoms with van der Waals surface area (Å²) in [5.41, 5.74) is 5.41. The van der Waals surface area contributed by atoms with Gasteiger partial charge in [-0.2, -0.15) is 5.10 Å². The fraction of sp³-hybridized carbons (Fsp3) is 0.0500. The van der Waals surface area contributed by atoms with Crippen molar-refractivity contribution in [2.75, 3.05) is 5.43 Å². The van der Waals surface area contributed by atoms with Crippen LogP contribution in [0.1, 0.15) is 16.1 Å². The summed E-state index contributed by atoms with van der Waals surface area (Å²) in [5, 5.41) is 13.5. The van der Waals surface area contributed by atoms with Crippen molar-refractivity contribution in [1.29, 1.82) is 0 Å². The minimum atomic E-state index is -1.09.